The Labute approximate surface area is 127 Å². The fourth-order valence-corrected chi connectivity index (χ4v) is 4.17. The number of urea groups is 1. The van der Waals surface area contributed by atoms with Gasteiger partial charge in [0.15, 0.2) is 0 Å². The smallest absolute Gasteiger partial charge is 0.320 e. The summed E-state index contributed by atoms with van der Waals surface area (Å²) in [4.78, 5) is 16.8. The zero-order valence-corrected chi connectivity index (χ0v) is 12.9. The van der Waals surface area contributed by atoms with Crippen molar-refractivity contribution in [1.29, 1.82) is 0 Å². The van der Waals surface area contributed by atoms with Gasteiger partial charge in [-0.1, -0.05) is 12.8 Å². The quantitative estimate of drug-likeness (QED) is 0.803. The van der Waals surface area contributed by atoms with Crippen LogP contribution in [-0.4, -0.2) is 65.9 Å². The normalized spacial score (nSPS) is 34.8. The molecule has 0 radical (unpaired) electrons. The predicted octanol–water partition coefficient (Wildman–Crippen LogP) is 1.84. The second-order valence-corrected chi connectivity index (χ2v) is 6.65. The number of carbonyl (C=O) groups excluding carboxylic acids is 1. The van der Waals surface area contributed by atoms with Crippen LogP contribution in [0.15, 0.2) is 0 Å². The van der Waals surface area contributed by atoms with Crippen molar-refractivity contribution in [1.82, 2.24) is 9.80 Å². The lowest BCUT2D eigenvalue weighted by Gasteiger charge is -2.45. The number of amides is 2. The molecule has 0 aromatic carbocycles. The van der Waals surface area contributed by atoms with Gasteiger partial charge >= 0.3 is 6.03 Å². The van der Waals surface area contributed by atoms with E-state index in [1.807, 2.05) is 4.90 Å². The van der Waals surface area contributed by atoms with Gasteiger partial charge in [0, 0.05) is 31.6 Å². The largest absolute Gasteiger partial charge is 0.393 e. The minimum atomic E-state index is -0.221. The maximum Gasteiger partial charge on any atom is 0.320 e. The highest BCUT2D eigenvalue weighted by atomic mass is 16.5. The van der Waals surface area contributed by atoms with E-state index in [0.29, 0.717) is 26.3 Å². The minimum Gasteiger partial charge on any atom is -0.393 e. The van der Waals surface area contributed by atoms with Crippen LogP contribution < -0.4 is 0 Å². The number of likely N-dealkylation sites (tertiary alicyclic amines) is 1. The van der Waals surface area contributed by atoms with Crippen LogP contribution in [-0.2, 0) is 4.74 Å². The first-order valence-corrected chi connectivity index (χ1v) is 8.59. The van der Waals surface area contributed by atoms with Gasteiger partial charge in [0.05, 0.1) is 19.3 Å². The first kappa shape index (κ1) is 15.1. The van der Waals surface area contributed by atoms with Crippen molar-refractivity contribution in [2.24, 2.45) is 5.92 Å². The van der Waals surface area contributed by atoms with E-state index in [1.165, 1.54) is 12.8 Å². The average molecular weight is 296 g/mol. The van der Waals surface area contributed by atoms with E-state index in [4.69, 9.17) is 4.74 Å². The van der Waals surface area contributed by atoms with E-state index in [0.717, 1.165) is 38.6 Å². The van der Waals surface area contributed by atoms with Crippen molar-refractivity contribution < 1.29 is 14.6 Å². The lowest BCUT2D eigenvalue weighted by atomic mass is 9.78. The van der Waals surface area contributed by atoms with Crippen molar-refractivity contribution in [3.63, 3.8) is 0 Å². The Morgan fingerprint density at radius 2 is 1.67 bits per heavy atom. The third kappa shape index (κ3) is 3.34. The molecule has 1 aliphatic carbocycles. The fourth-order valence-electron chi connectivity index (χ4n) is 4.17. The predicted molar refractivity (Wildman–Crippen MR) is 80.1 cm³/mol. The number of hydrogen-bond donors (Lipinski definition) is 1. The van der Waals surface area contributed by atoms with Gasteiger partial charge in [-0.3, -0.25) is 0 Å². The summed E-state index contributed by atoms with van der Waals surface area (Å²) in [5.74, 6) is 0.282. The van der Waals surface area contributed by atoms with Crippen molar-refractivity contribution in [2.45, 2.75) is 57.1 Å². The average Bonchev–Trinajstić information content (AvgIpc) is 2.55. The molecule has 3 fully saturated rings. The van der Waals surface area contributed by atoms with Gasteiger partial charge in [0.1, 0.15) is 0 Å². The van der Waals surface area contributed by atoms with E-state index < -0.39 is 0 Å². The Bertz CT molecular complexity index is 357. The summed E-state index contributed by atoms with van der Waals surface area (Å²) in [6.07, 6.45) is 7.40. The van der Waals surface area contributed by atoms with Gasteiger partial charge in [-0.25, -0.2) is 4.79 Å². The van der Waals surface area contributed by atoms with Crippen molar-refractivity contribution in [3.05, 3.63) is 0 Å². The number of hydrogen-bond acceptors (Lipinski definition) is 3. The van der Waals surface area contributed by atoms with Crippen LogP contribution in [0, 0.1) is 5.92 Å². The maximum atomic E-state index is 12.8. The summed E-state index contributed by atoms with van der Waals surface area (Å²) in [5, 5.41) is 10.4. The number of nitrogens with zero attached hydrogens (tertiary/aromatic N) is 2. The number of aliphatic hydroxyl groups excluding tert-OH is 1. The molecule has 1 N–H and O–H groups in total. The van der Waals surface area contributed by atoms with Gasteiger partial charge in [-0.15, -0.1) is 0 Å². The molecule has 0 aromatic heterocycles. The lowest BCUT2D eigenvalue weighted by molar-refractivity contribution is -0.00656. The van der Waals surface area contributed by atoms with E-state index in [1.54, 1.807) is 0 Å². The zero-order valence-electron chi connectivity index (χ0n) is 12.9. The minimum absolute atomic E-state index is 0.167. The van der Waals surface area contributed by atoms with Crippen LogP contribution in [0.25, 0.3) is 0 Å². The Morgan fingerprint density at radius 1 is 0.952 bits per heavy atom. The summed E-state index contributed by atoms with van der Waals surface area (Å²) in [6.45, 7) is 3.56. The molecule has 21 heavy (non-hydrogen) atoms. The third-order valence-corrected chi connectivity index (χ3v) is 5.35. The molecule has 0 aromatic rings. The van der Waals surface area contributed by atoms with Crippen LogP contribution in [0.4, 0.5) is 4.79 Å². The van der Waals surface area contributed by atoms with Crippen LogP contribution >= 0.6 is 0 Å². The summed E-state index contributed by atoms with van der Waals surface area (Å²) < 4.78 is 5.35. The molecule has 2 aliphatic heterocycles. The molecule has 5 nitrogen and oxygen atoms in total. The van der Waals surface area contributed by atoms with E-state index >= 15 is 0 Å². The number of morpholine rings is 1. The summed E-state index contributed by atoms with van der Waals surface area (Å²) in [7, 11) is 0. The number of carbonyl (C=O) groups is 1. The van der Waals surface area contributed by atoms with Gasteiger partial charge in [0.25, 0.3) is 0 Å². The number of ether oxygens (including phenoxy) is 1. The van der Waals surface area contributed by atoms with Crippen LogP contribution in [0.5, 0.6) is 0 Å². The van der Waals surface area contributed by atoms with Gasteiger partial charge in [-0.05, 0) is 32.1 Å². The van der Waals surface area contributed by atoms with E-state index in [2.05, 4.69) is 4.90 Å². The first-order chi connectivity index (χ1) is 10.3. The first-order valence-electron chi connectivity index (χ1n) is 8.59. The Morgan fingerprint density at radius 3 is 2.43 bits per heavy atom. The molecule has 1 saturated carbocycles. The molecule has 2 saturated heterocycles. The molecule has 3 atom stereocenters. The maximum absolute atomic E-state index is 12.8. The van der Waals surface area contributed by atoms with Gasteiger partial charge in [-0.2, -0.15) is 0 Å². The summed E-state index contributed by atoms with van der Waals surface area (Å²) in [6, 6.07) is 0.408. The topological polar surface area (TPSA) is 53.0 Å². The molecule has 2 heterocycles. The number of aliphatic hydroxyl groups is 1. The zero-order chi connectivity index (χ0) is 14.7. The van der Waals surface area contributed by atoms with Crippen LogP contribution in [0.3, 0.4) is 0 Å². The second kappa shape index (κ2) is 6.97. The number of piperidine rings is 1. The van der Waals surface area contributed by atoms with Crippen LogP contribution in [0.2, 0.25) is 0 Å². The Hall–Kier alpha value is -0.810. The highest BCUT2D eigenvalue weighted by Crippen LogP contribution is 2.34. The molecule has 3 aliphatic rings. The van der Waals surface area contributed by atoms with Crippen molar-refractivity contribution in [3.8, 4) is 0 Å². The number of rotatable bonds is 1. The standard InChI is InChI=1S/C16H28N2O3/c19-15-7-2-1-5-13(15)14-6-3-4-8-18(14)16(20)17-9-11-21-12-10-17/h13-15,19H,1-12H2. The summed E-state index contributed by atoms with van der Waals surface area (Å²) >= 11 is 0. The molecule has 0 bridgehead atoms. The fraction of sp³-hybridized carbons (Fsp3) is 0.938. The Balaban J connectivity index is 1.69. The molecular formula is C16H28N2O3. The monoisotopic (exact) mass is 296 g/mol. The lowest BCUT2D eigenvalue weighted by Crippen LogP contribution is -2.56. The SMILES string of the molecule is O=C(N1CCOCC1)N1CCCCC1C1CCCCC1O. The molecule has 0 spiro atoms. The highest BCUT2D eigenvalue weighted by Gasteiger charge is 2.39. The van der Waals surface area contributed by atoms with E-state index in [-0.39, 0.29) is 24.1 Å². The molecule has 5 heteroatoms. The Kier molecular flexibility index (Phi) is 5.01. The van der Waals surface area contributed by atoms with Crippen LogP contribution in [0.1, 0.15) is 44.9 Å². The highest BCUT2D eigenvalue weighted by molar-refractivity contribution is 5.75. The van der Waals surface area contributed by atoms with Crippen molar-refractivity contribution >= 4 is 6.03 Å². The molecule has 3 rings (SSSR count). The molecule has 3 unspecified atom stereocenters. The molecule has 2 amide bonds. The summed E-state index contributed by atoms with van der Waals surface area (Å²) in [5.41, 5.74) is 0. The van der Waals surface area contributed by atoms with Gasteiger partial charge < -0.3 is 19.6 Å². The third-order valence-electron chi connectivity index (χ3n) is 5.35. The molecule has 120 valence electrons. The second-order valence-electron chi connectivity index (χ2n) is 6.65. The van der Waals surface area contributed by atoms with E-state index in [9.17, 15) is 9.90 Å². The van der Waals surface area contributed by atoms with Gasteiger partial charge in [0.2, 0.25) is 0 Å². The molecular weight excluding hydrogens is 268 g/mol. The van der Waals surface area contributed by atoms with Crippen molar-refractivity contribution in [2.75, 3.05) is 32.8 Å².